The molecule has 0 radical (unpaired) electrons. The molecule has 0 aromatic heterocycles. The van der Waals surface area contributed by atoms with Crippen molar-refractivity contribution in [2.45, 2.75) is 19.4 Å². The van der Waals surface area contributed by atoms with Crippen molar-refractivity contribution < 1.29 is 13.9 Å². The van der Waals surface area contributed by atoms with Gasteiger partial charge in [-0.3, -0.25) is 4.99 Å². The Morgan fingerprint density at radius 1 is 1.32 bits per heavy atom. The van der Waals surface area contributed by atoms with Gasteiger partial charge in [0.1, 0.15) is 17.7 Å². The van der Waals surface area contributed by atoms with Gasteiger partial charge in [0.25, 0.3) is 0 Å². The molecule has 0 aliphatic carbocycles. The highest BCUT2D eigenvalue weighted by Crippen LogP contribution is 2.13. The standard InChI is InChI=1S/C18H31FN4O2/c1-15(25-17-8-5-7-16(19)13-17)14-22-18(20-2)21-9-6-10-23(3)11-12-24-4/h5,7-8,13,15H,6,9-12,14H2,1-4H3,(H2,20,21,22). The summed E-state index contributed by atoms with van der Waals surface area (Å²) in [5.41, 5.74) is 0. The third-order valence-corrected chi connectivity index (χ3v) is 3.60. The van der Waals surface area contributed by atoms with E-state index in [4.69, 9.17) is 9.47 Å². The zero-order valence-electron chi connectivity index (χ0n) is 15.7. The molecule has 0 saturated carbocycles. The topological polar surface area (TPSA) is 58.1 Å². The van der Waals surface area contributed by atoms with Gasteiger partial charge in [0.15, 0.2) is 5.96 Å². The quantitative estimate of drug-likeness (QED) is 0.360. The molecule has 25 heavy (non-hydrogen) atoms. The van der Waals surface area contributed by atoms with Crippen LogP contribution in [0.25, 0.3) is 0 Å². The number of methoxy groups -OCH3 is 1. The molecular formula is C18H31FN4O2. The number of halogens is 1. The zero-order chi connectivity index (χ0) is 18.5. The monoisotopic (exact) mass is 354 g/mol. The van der Waals surface area contributed by atoms with Crippen LogP contribution in [0.15, 0.2) is 29.3 Å². The van der Waals surface area contributed by atoms with Gasteiger partial charge >= 0.3 is 0 Å². The van der Waals surface area contributed by atoms with E-state index >= 15 is 0 Å². The van der Waals surface area contributed by atoms with Crippen LogP contribution in [0, 0.1) is 5.82 Å². The first kappa shape index (κ1) is 21.2. The number of rotatable bonds is 11. The second-order valence-corrected chi connectivity index (χ2v) is 5.92. The Kier molecular flexibility index (Phi) is 10.6. The van der Waals surface area contributed by atoms with Crippen molar-refractivity contribution in [1.29, 1.82) is 0 Å². The van der Waals surface area contributed by atoms with Crippen LogP contribution in [-0.2, 0) is 4.74 Å². The maximum Gasteiger partial charge on any atom is 0.191 e. The number of nitrogens with one attached hydrogen (secondary N) is 2. The smallest absolute Gasteiger partial charge is 0.191 e. The van der Waals surface area contributed by atoms with Crippen LogP contribution in [-0.4, -0.2) is 71.0 Å². The summed E-state index contributed by atoms with van der Waals surface area (Å²) in [6, 6.07) is 6.15. The first-order valence-electron chi connectivity index (χ1n) is 8.59. The van der Waals surface area contributed by atoms with Crippen LogP contribution in [0.3, 0.4) is 0 Å². The molecule has 1 unspecified atom stereocenters. The molecular weight excluding hydrogens is 323 g/mol. The average molecular weight is 354 g/mol. The highest BCUT2D eigenvalue weighted by molar-refractivity contribution is 5.79. The number of hydrogen-bond donors (Lipinski definition) is 2. The van der Waals surface area contributed by atoms with E-state index in [1.807, 2.05) is 6.92 Å². The molecule has 0 heterocycles. The van der Waals surface area contributed by atoms with E-state index in [2.05, 4.69) is 27.6 Å². The van der Waals surface area contributed by atoms with Gasteiger partial charge < -0.3 is 25.0 Å². The molecule has 1 atom stereocenters. The number of likely N-dealkylation sites (N-methyl/N-ethyl adjacent to an activating group) is 1. The summed E-state index contributed by atoms with van der Waals surface area (Å²) in [7, 11) is 5.53. The van der Waals surface area contributed by atoms with E-state index in [-0.39, 0.29) is 11.9 Å². The van der Waals surface area contributed by atoms with Gasteiger partial charge in [0.05, 0.1) is 13.2 Å². The Balaban J connectivity index is 2.20. The average Bonchev–Trinajstić information content (AvgIpc) is 2.59. The number of nitrogens with zero attached hydrogens (tertiary/aromatic N) is 2. The highest BCUT2D eigenvalue weighted by Gasteiger charge is 2.06. The van der Waals surface area contributed by atoms with Crippen molar-refractivity contribution in [3.8, 4) is 5.75 Å². The molecule has 0 amide bonds. The van der Waals surface area contributed by atoms with Gasteiger partial charge in [-0.1, -0.05) is 6.07 Å². The van der Waals surface area contributed by atoms with Gasteiger partial charge in [0, 0.05) is 33.3 Å². The van der Waals surface area contributed by atoms with Crippen LogP contribution in [0.2, 0.25) is 0 Å². The minimum absolute atomic E-state index is 0.111. The highest BCUT2D eigenvalue weighted by atomic mass is 19.1. The largest absolute Gasteiger partial charge is 0.489 e. The third-order valence-electron chi connectivity index (χ3n) is 3.60. The van der Waals surface area contributed by atoms with Gasteiger partial charge in [-0.25, -0.2) is 4.39 Å². The van der Waals surface area contributed by atoms with Gasteiger partial charge in [-0.2, -0.15) is 0 Å². The molecule has 0 spiro atoms. The van der Waals surface area contributed by atoms with Crippen LogP contribution >= 0.6 is 0 Å². The molecule has 0 aliphatic rings. The van der Waals surface area contributed by atoms with Crippen molar-refractivity contribution in [3.05, 3.63) is 30.1 Å². The molecule has 7 heteroatoms. The predicted molar refractivity (Wildman–Crippen MR) is 99.8 cm³/mol. The number of hydrogen-bond acceptors (Lipinski definition) is 4. The molecule has 1 aromatic rings. The summed E-state index contributed by atoms with van der Waals surface area (Å²) in [6.07, 6.45) is 0.900. The Morgan fingerprint density at radius 2 is 2.12 bits per heavy atom. The minimum Gasteiger partial charge on any atom is -0.489 e. The molecule has 0 saturated heterocycles. The normalized spacial score (nSPS) is 13.0. The van der Waals surface area contributed by atoms with E-state index in [9.17, 15) is 4.39 Å². The maximum atomic E-state index is 13.1. The summed E-state index contributed by atoms with van der Waals surface area (Å²) in [6.45, 7) is 6.00. The van der Waals surface area contributed by atoms with Crippen LogP contribution in [0.4, 0.5) is 4.39 Å². The molecule has 2 N–H and O–H groups in total. The molecule has 0 fully saturated rings. The zero-order valence-corrected chi connectivity index (χ0v) is 15.7. The Bertz CT molecular complexity index is 514. The van der Waals surface area contributed by atoms with Crippen molar-refractivity contribution in [1.82, 2.24) is 15.5 Å². The lowest BCUT2D eigenvalue weighted by molar-refractivity contribution is 0.161. The van der Waals surface area contributed by atoms with E-state index in [1.165, 1.54) is 12.1 Å². The van der Waals surface area contributed by atoms with E-state index in [0.717, 1.165) is 38.6 Å². The van der Waals surface area contributed by atoms with Crippen LogP contribution in [0.1, 0.15) is 13.3 Å². The van der Waals surface area contributed by atoms with Gasteiger partial charge in [-0.15, -0.1) is 0 Å². The minimum atomic E-state index is -0.300. The summed E-state index contributed by atoms with van der Waals surface area (Å²) in [5, 5.41) is 6.49. The van der Waals surface area contributed by atoms with Crippen LogP contribution in [0.5, 0.6) is 5.75 Å². The summed E-state index contributed by atoms with van der Waals surface area (Å²) in [4.78, 5) is 6.43. The summed E-state index contributed by atoms with van der Waals surface area (Å²) >= 11 is 0. The maximum absolute atomic E-state index is 13.1. The first-order chi connectivity index (χ1) is 12.0. The molecule has 1 rings (SSSR count). The third kappa shape index (κ3) is 9.89. The van der Waals surface area contributed by atoms with E-state index < -0.39 is 0 Å². The summed E-state index contributed by atoms with van der Waals surface area (Å²) < 4.78 is 23.9. The molecule has 142 valence electrons. The van der Waals surface area contributed by atoms with Crippen molar-refractivity contribution in [3.63, 3.8) is 0 Å². The predicted octanol–water partition coefficient (Wildman–Crippen LogP) is 1.73. The second-order valence-electron chi connectivity index (χ2n) is 5.92. The molecule has 0 aliphatic heterocycles. The second kappa shape index (κ2) is 12.5. The first-order valence-corrected chi connectivity index (χ1v) is 8.59. The lowest BCUT2D eigenvalue weighted by atomic mass is 10.3. The Morgan fingerprint density at radius 3 is 2.80 bits per heavy atom. The van der Waals surface area contributed by atoms with E-state index in [1.54, 1.807) is 26.3 Å². The molecule has 6 nitrogen and oxygen atoms in total. The number of ether oxygens (including phenoxy) is 2. The Labute approximate surface area is 150 Å². The lowest BCUT2D eigenvalue weighted by Crippen LogP contribution is -2.42. The van der Waals surface area contributed by atoms with Crippen molar-refractivity contribution in [2.24, 2.45) is 4.99 Å². The number of aliphatic imine (C=N–C) groups is 1. The van der Waals surface area contributed by atoms with Gasteiger partial charge in [0.2, 0.25) is 0 Å². The molecule has 0 bridgehead atoms. The Hall–Kier alpha value is -1.86. The van der Waals surface area contributed by atoms with Crippen molar-refractivity contribution >= 4 is 5.96 Å². The fraction of sp³-hybridized carbons (Fsp3) is 0.611. The SMILES string of the molecule is CN=C(NCCCN(C)CCOC)NCC(C)Oc1cccc(F)c1. The van der Waals surface area contributed by atoms with Gasteiger partial charge in [-0.05, 0) is 39.1 Å². The summed E-state index contributed by atoms with van der Waals surface area (Å²) in [5.74, 6) is 0.955. The van der Waals surface area contributed by atoms with E-state index in [0.29, 0.717) is 12.3 Å². The fourth-order valence-corrected chi connectivity index (χ4v) is 2.19. The lowest BCUT2D eigenvalue weighted by Gasteiger charge is -2.19. The number of benzene rings is 1. The molecule has 1 aromatic carbocycles. The van der Waals surface area contributed by atoms with Crippen molar-refractivity contribution in [2.75, 3.05) is 54.0 Å². The van der Waals surface area contributed by atoms with Crippen LogP contribution < -0.4 is 15.4 Å². The fourth-order valence-electron chi connectivity index (χ4n) is 2.19. The number of guanidine groups is 1.